The molecule has 0 aliphatic rings. The second-order valence-electron chi connectivity index (χ2n) is 6.21. The molecule has 7 nitrogen and oxygen atoms in total. The Kier molecular flexibility index (Phi) is 4.62. The lowest BCUT2D eigenvalue weighted by Gasteiger charge is -2.04. The van der Waals surface area contributed by atoms with E-state index in [0.717, 1.165) is 17.7 Å². The number of thiazole rings is 1. The minimum atomic E-state index is -0.760. The Morgan fingerprint density at radius 2 is 1.75 bits per heavy atom. The predicted octanol–water partition coefficient (Wildman–Crippen LogP) is 3.15. The smallest absolute Gasteiger partial charge is 0.314 e. The summed E-state index contributed by atoms with van der Waals surface area (Å²) in [4.78, 5) is 44.8. The van der Waals surface area contributed by atoms with Gasteiger partial charge < -0.3 is 9.97 Å². The highest BCUT2D eigenvalue weighted by atomic mass is 32.1. The van der Waals surface area contributed by atoms with Crippen LogP contribution in [-0.2, 0) is 6.42 Å². The number of aromatic amines is 2. The number of nitrogens with zero attached hydrogens (tertiary/aromatic N) is 1. The van der Waals surface area contributed by atoms with Gasteiger partial charge in [0.25, 0.3) is 5.91 Å². The van der Waals surface area contributed by atoms with Crippen LogP contribution in [0.15, 0.2) is 57.4 Å². The van der Waals surface area contributed by atoms with Crippen LogP contribution < -0.4 is 16.4 Å². The number of nitrogens with one attached hydrogen (secondary N) is 3. The Morgan fingerprint density at radius 1 is 1.04 bits per heavy atom. The number of carbonyl (C=O) groups excluding carboxylic acids is 1. The van der Waals surface area contributed by atoms with E-state index in [1.165, 1.54) is 23.0 Å². The summed E-state index contributed by atoms with van der Waals surface area (Å²) in [5, 5.41) is 5.14. The van der Waals surface area contributed by atoms with E-state index in [1.54, 1.807) is 12.1 Å². The summed E-state index contributed by atoms with van der Waals surface area (Å²) in [6, 6.07) is 12.8. The first-order chi connectivity index (χ1) is 13.5. The van der Waals surface area contributed by atoms with Gasteiger partial charge in [0, 0.05) is 16.5 Å². The summed E-state index contributed by atoms with van der Waals surface area (Å²) in [5.74, 6) is -0.351. The zero-order valence-electron chi connectivity index (χ0n) is 14.9. The van der Waals surface area contributed by atoms with Crippen molar-refractivity contribution in [3.8, 4) is 11.3 Å². The minimum absolute atomic E-state index is 0.347. The number of fused-ring (bicyclic) bond motifs is 1. The standard InChI is InChI=1S/C20H16N4O3S/c1-2-11-3-5-12(6-4-11)16-10-28-20(23-16)24-17(25)13-7-8-14-15(9-13)22-19(27)18(26)21-14/h3-10H,2H2,1H3,(H,21,26)(H,22,27)(H,23,24,25). The molecule has 2 heterocycles. The molecule has 8 heteroatoms. The number of aromatic nitrogens is 3. The molecule has 0 saturated heterocycles. The molecule has 0 aliphatic carbocycles. The Morgan fingerprint density at radius 3 is 2.46 bits per heavy atom. The molecule has 4 aromatic rings. The third kappa shape index (κ3) is 3.49. The summed E-state index contributed by atoms with van der Waals surface area (Å²) in [7, 11) is 0. The van der Waals surface area contributed by atoms with Crippen molar-refractivity contribution in [3.63, 3.8) is 0 Å². The van der Waals surface area contributed by atoms with Crippen molar-refractivity contribution >= 4 is 33.4 Å². The van der Waals surface area contributed by atoms with Gasteiger partial charge in [-0.05, 0) is 30.2 Å². The van der Waals surface area contributed by atoms with Crippen LogP contribution in [0.4, 0.5) is 5.13 Å². The minimum Gasteiger partial charge on any atom is -0.316 e. The molecule has 140 valence electrons. The zero-order valence-corrected chi connectivity index (χ0v) is 15.7. The molecule has 2 aromatic heterocycles. The number of benzene rings is 2. The van der Waals surface area contributed by atoms with Crippen molar-refractivity contribution in [1.82, 2.24) is 15.0 Å². The monoisotopic (exact) mass is 392 g/mol. The van der Waals surface area contributed by atoms with Crippen molar-refractivity contribution in [2.45, 2.75) is 13.3 Å². The summed E-state index contributed by atoms with van der Waals surface area (Å²) >= 11 is 1.34. The molecule has 0 bridgehead atoms. The zero-order chi connectivity index (χ0) is 19.7. The van der Waals surface area contributed by atoms with Crippen molar-refractivity contribution in [3.05, 3.63) is 79.7 Å². The summed E-state index contributed by atoms with van der Waals surface area (Å²) < 4.78 is 0. The maximum Gasteiger partial charge on any atom is 0.314 e. The molecule has 0 aliphatic heterocycles. The second kappa shape index (κ2) is 7.24. The molecule has 0 unspecified atom stereocenters. The normalized spacial score (nSPS) is 10.9. The maximum absolute atomic E-state index is 12.5. The third-order valence-corrected chi connectivity index (χ3v) is 5.12. The number of rotatable bonds is 4. The number of H-pyrrole nitrogens is 2. The average molecular weight is 392 g/mol. The molecule has 2 aromatic carbocycles. The fourth-order valence-electron chi connectivity index (χ4n) is 2.80. The van der Waals surface area contributed by atoms with E-state index >= 15 is 0 Å². The van der Waals surface area contributed by atoms with Gasteiger partial charge in [-0.15, -0.1) is 11.3 Å². The molecule has 4 rings (SSSR count). The molecule has 1 amide bonds. The highest BCUT2D eigenvalue weighted by molar-refractivity contribution is 7.14. The van der Waals surface area contributed by atoms with Gasteiger partial charge in [0.1, 0.15) is 0 Å². The first-order valence-electron chi connectivity index (χ1n) is 8.66. The molecule has 0 fully saturated rings. The SMILES string of the molecule is CCc1ccc(-c2csc(NC(=O)c3ccc4[nH]c(=O)c(=O)[nH]c4c3)n2)cc1. The molecular formula is C20H16N4O3S. The number of anilines is 1. The fraction of sp³-hybridized carbons (Fsp3) is 0.100. The van der Waals surface area contributed by atoms with Crippen LogP contribution in [0.1, 0.15) is 22.8 Å². The van der Waals surface area contributed by atoms with E-state index in [-0.39, 0.29) is 5.91 Å². The number of hydrogen-bond donors (Lipinski definition) is 3. The fourth-order valence-corrected chi connectivity index (χ4v) is 3.52. The van der Waals surface area contributed by atoms with Crippen LogP contribution in [-0.4, -0.2) is 20.9 Å². The first kappa shape index (κ1) is 17.9. The van der Waals surface area contributed by atoms with Gasteiger partial charge in [0.2, 0.25) is 0 Å². The molecule has 0 spiro atoms. The topological polar surface area (TPSA) is 108 Å². The van der Waals surface area contributed by atoms with E-state index in [9.17, 15) is 14.4 Å². The summed E-state index contributed by atoms with van der Waals surface area (Å²) in [6.45, 7) is 2.10. The highest BCUT2D eigenvalue weighted by Crippen LogP contribution is 2.25. The molecule has 0 saturated carbocycles. The predicted molar refractivity (Wildman–Crippen MR) is 110 cm³/mol. The number of hydrogen-bond acceptors (Lipinski definition) is 5. The Labute approximate surface area is 163 Å². The lowest BCUT2D eigenvalue weighted by Crippen LogP contribution is -2.29. The van der Waals surface area contributed by atoms with Crippen LogP contribution >= 0.6 is 11.3 Å². The Hall–Kier alpha value is -3.52. The Balaban J connectivity index is 1.56. The van der Waals surface area contributed by atoms with E-state index in [1.807, 2.05) is 17.5 Å². The van der Waals surface area contributed by atoms with Gasteiger partial charge in [-0.2, -0.15) is 0 Å². The largest absolute Gasteiger partial charge is 0.316 e. The van der Waals surface area contributed by atoms with E-state index in [4.69, 9.17) is 0 Å². The summed E-state index contributed by atoms with van der Waals surface area (Å²) in [6.07, 6.45) is 0.976. The van der Waals surface area contributed by atoms with Gasteiger partial charge in [-0.25, -0.2) is 4.98 Å². The summed E-state index contributed by atoms with van der Waals surface area (Å²) in [5.41, 5.74) is 2.73. The quantitative estimate of drug-likeness (QED) is 0.464. The van der Waals surface area contributed by atoms with E-state index in [0.29, 0.717) is 21.7 Å². The third-order valence-electron chi connectivity index (χ3n) is 4.37. The number of aryl methyl sites for hydroxylation is 1. The molecule has 28 heavy (non-hydrogen) atoms. The van der Waals surface area contributed by atoms with Crippen LogP contribution in [0.25, 0.3) is 22.3 Å². The van der Waals surface area contributed by atoms with Gasteiger partial charge >= 0.3 is 11.1 Å². The van der Waals surface area contributed by atoms with Crippen LogP contribution in [0, 0.1) is 0 Å². The van der Waals surface area contributed by atoms with Crippen molar-refractivity contribution in [2.24, 2.45) is 0 Å². The van der Waals surface area contributed by atoms with Crippen LogP contribution in [0.2, 0.25) is 0 Å². The van der Waals surface area contributed by atoms with Crippen molar-refractivity contribution < 1.29 is 4.79 Å². The molecule has 3 N–H and O–H groups in total. The average Bonchev–Trinajstić information content (AvgIpc) is 3.17. The van der Waals surface area contributed by atoms with Crippen molar-refractivity contribution in [2.75, 3.05) is 5.32 Å². The van der Waals surface area contributed by atoms with Crippen LogP contribution in [0.5, 0.6) is 0 Å². The number of amides is 1. The van der Waals surface area contributed by atoms with Gasteiger partial charge in [-0.1, -0.05) is 31.2 Å². The van der Waals surface area contributed by atoms with Crippen molar-refractivity contribution in [1.29, 1.82) is 0 Å². The molecule has 0 atom stereocenters. The lowest BCUT2D eigenvalue weighted by molar-refractivity contribution is 0.102. The molecular weight excluding hydrogens is 376 g/mol. The number of carbonyl (C=O) groups is 1. The lowest BCUT2D eigenvalue weighted by atomic mass is 10.1. The highest BCUT2D eigenvalue weighted by Gasteiger charge is 2.11. The van der Waals surface area contributed by atoms with Gasteiger partial charge in [-0.3, -0.25) is 19.7 Å². The molecule has 0 radical (unpaired) electrons. The second-order valence-corrected chi connectivity index (χ2v) is 7.07. The van der Waals surface area contributed by atoms with Gasteiger partial charge in [0.15, 0.2) is 5.13 Å². The van der Waals surface area contributed by atoms with Crippen LogP contribution in [0.3, 0.4) is 0 Å². The maximum atomic E-state index is 12.5. The first-order valence-corrected chi connectivity index (χ1v) is 9.54. The Bertz CT molecular complexity index is 1290. The van der Waals surface area contributed by atoms with E-state index in [2.05, 4.69) is 39.3 Å². The van der Waals surface area contributed by atoms with Gasteiger partial charge in [0.05, 0.1) is 16.7 Å². The van der Waals surface area contributed by atoms with E-state index < -0.39 is 11.1 Å².